The zero-order chi connectivity index (χ0) is 21.3. The molecule has 0 unspecified atom stereocenters. The van der Waals surface area contributed by atoms with Gasteiger partial charge in [-0.15, -0.1) is 0 Å². The van der Waals surface area contributed by atoms with Crippen molar-refractivity contribution in [2.75, 3.05) is 18.0 Å². The van der Waals surface area contributed by atoms with Crippen molar-refractivity contribution in [1.82, 2.24) is 15.3 Å². The van der Waals surface area contributed by atoms with Crippen LogP contribution in [0.4, 0.5) is 14.7 Å². The second-order valence-corrected chi connectivity index (χ2v) is 7.82. The molecule has 1 saturated heterocycles. The number of hydrogen-bond acceptors (Lipinski definition) is 4. The number of amides is 1. The van der Waals surface area contributed by atoms with Crippen LogP contribution in [0.15, 0.2) is 36.4 Å². The van der Waals surface area contributed by atoms with Gasteiger partial charge in [-0.2, -0.15) is 0 Å². The van der Waals surface area contributed by atoms with Crippen molar-refractivity contribution < 1.29 is 13.6 Å². The standard InChI is InChI=1S/C23H24F2N4O/c1-14-6-7-18-15(2)27-23(28-20(18)12-14)29-10-8-16(9-11-29)22(30)26-13-17-4-3-5-19(24)21(17)25/h3-7,12,16H,8-11,13H2,1-2H3,(H,26,30). The number of nitrogens with one attached hydrogen (secondary N) is 1. The molecular weight excluding hydrogens is 386 g/mol. The molecule has 1 aliphatic rings. The molecular formula is C23H24F2N4O. The number of carbonyl (C=O) groups is 1. The number of fused-ring (bicyclic) bond motifs is 1. The molecule has 5 nitrogen and oxygen atoms in total. The fraction of sp³-hybridized carbons (Fsp3) is 0.348. The topological polar surface area (TPSA) is 58.1 Å². The number of benzene rings is 2. The molecule has 1 fully saturated rings. The van der Waals surface area contributed by atoms with E-state index in [1.54, 1.807) is 0 Å². The number of aryl methyl sites for hydroxylation is 2. The van der Waals surface area contributed by atoms with E-state index in [0.29, 0.717) is 31.9 Å². The highest BCUT2D eigenvalue weighted by atomic mass is 19.2. The molecule has 1 amide bonds. The minimum atomic E-state index is -0.910. The first kappa shape index (κ1) is 20.2. The molecule has 2 heterocycles. The lowest BCUT2D eigenvalue weighted by Crippen LogP contribution is -2.41. The molecule has 0 radical (unpaired) electrons. The van der Waals surface area contributed by atoms with E-state index in [1.807, 2.05) is 19.9 Å². The second-order valence-electron chi connectivity index (χ2n) is 7.82. The quantitative estimate of drug-likeness (QED) is 0.705. The average Bonchev–Trinajstić information content (AvgIpc) is 2.74. The van der Waals surface area contributed by atoms with Crippen LogP contribution in [0.3, 0.4) is 0 Å². The number of halogens is 2. The normalized spacial score (nSPS) is 14.9. The van der Waals surface area contributed by atoms with Gasteiger partial charge in [-0.3, -0.25) is 4.79 Å². The summed E-state index contributed by atoms with van der Waals surface area (Å²) in [7, 11) is 0. The van der Waals surface area contributed by atoms with E-state index < -0.39 is 11.6 Å². The third-order valence-electron chi connectivity index (χ3n) is 5.66. The highest BCUT2D eigenvalue weighted by Gasteiger charge is 2.26. The highest BCUT2D eigenvalue weighted by Crippen LogP contribution is 2.25. The summed E-state index contributed by atoms with van der Waals surface area (Å²) in [6, 6.07) is 10.1. The predicted octanol–water partition coefficient (Wildman–Crippen LogP) is 4.06. The van der Waals surface area contributed by atoms with Crippen molar-refractivity contribution >= 4 is 22.8 Å². The number of carbonyl (C=O) groups excluding carboxylic acids is 1. The summed E-state index contributed by atoms with van der Waals surface area (Å²) in [6.45, 7) is 5.34. The Balaban J connectivity index is 1.38. The zero-order valence-corrected chi connectivity index (χ0v) is 17.1. The third-order valence-corrected chi connectivity index (χ3v) is 5.66. The molecule has 0 saturated carbocycles. The van der Waals surface area contributed by atoms with Gasteiger partial charge in [-0.25, -0.2) is 18.7 Å². The summed E-state index contributed by atoms with van der Waals surface area (Å²) in [5.41, 5.74) is 3.16. The van der Waals surface area contributed by atoms with Crippen LogP contribution in [0, 0.1) is 31.4 Å². The molecule has 0 atom stereocenters. The molecule has 2 aromatic carbocycles. The van der Waals surface area contributed by atoms with E-state index in [4.69, 9.17) is 4.98 Å². The van der Waals surface area contributed by atoms with E-state index in [9.17, 15) is 13.6 Å². The summed E-state index contributed by atoms with van der Waals surface area (Å²) < 4.78 is 27.1. The second kappa shape index (κ2) is 8.34. The summed E-state index contributed by atoms with van der Waals surface area (Å²) in [5, 5.41) is 3.78. The summed E-state index contributed by atoms with van der Waals surface area (Å²) >= 11 is 0. The van der Waals surface area contributed by atoms with Crippen LogP contribution in [-0.4, -0.2) is 29.0 Å². The molecule has 30 heavy (non-hydrogen) atoms. The molecule has 3 aromatic rings. The maximum Gasteiger partial charge on any atom is 0.226 e. The first-order valence-corrected chi connectivity index (χ1v) is 10.1. The monoisotopic (exact) mass is 410 g/mol. The number of nitrogens with zero attached hydrogens (tertiary/aromatic N) is 3. The molecule has 0 aliphatic carbocycles. The summed E-state index contributed by atoms with van der Waals surface area (Å²) in [4.78, 5) is 24.0. The van der Waals surface area contributed by atoms with Crippen molar-refractivity contribution in [3.8, 4) is 0 Å². The van der Waals surface area contributed by atoms with E-state index in [0.717, 1.165) is 28.2 Å². The number of hydrogen-bond donors (Lipinski definition) is 1. The van der Waals surface area contributed by atoms with Crippen LogP contribution in [0.25, 0.3) is 10.9 Å². The van der Waals surface area contributed by atoms with Crippen molar-refractivity contribution in [2.45, 2.75) is 33.2 Å². The Labute approximate surface area is 174 Å². The first-order chi connectivity index (χ1) is 14.4. The number of piperidine rings is 1. The molecule has 1 aliphatic heterocycles. The smallest absolute Gasteiger partial charge is 0.226 e. The lowest BCUT2D eigenvalue weighted by atomic mass is 9.96. The number of anilines is 1. The highest BCUT2D eigenvalue weighted by molar-refractivity contribution is 5.82. The van der Waals surface area contributed by atoms with Gasteiger partial charge in [0.1, 0.15) is 0 Å². The molecule has 156 valence electrons. The van der Waals surface area contributed by atoms with E-state index in [1.165, 1.54) is 12.1 Å². The number of aromatic nitrogens is 2. The van der Waals surface area contributed by atoms with Gasteiger partial charge in [0.05, 0.1) is 11.2 Å². The van der Waals surface area contributed by atoms with Gasteiger partial charge in [-0.05, 0) is 44.4 Å². The van der Waals surface area contributed by atoms with Crippen LogP contribution in [0.1, 0.15) is 29.7 Å². The van der Waals surface area contributed by atoms with E-state index in [-0.39, 0.29) is 23.9 Å². The van der Waals surface area contributed by atoms with Gasteiger partial charge in [0, 0.05) is 36.5 Å². The molecule has 1 N–H and O–H groups in total. The summed E-state index contributed by atoms with van der Waals surface area (Å²) in [5.74, 6) is -1.43. The third kappa shape index (κ3) is 4.10. The Morgan fingerprint density at radius 2 is 1.90 bits per heavy atom. The van der Waals surface area contributed by atoms with Crippen LogP contribution in [0.2, 0.25) is 0 Å². The molecule has 4 rings (SSSR count). The van der Waals surface area contributed by atoms with Crippen molar-refractivity contribution in [1.29, 1.82) is 0 Å². The SMILES string of the molecule is Cc1ccc2c(C)nc(N3CCC(C(=O)NCc4cccc(F)c4F)CC3)nc2c1. The van der Waals surface area contributed by atoms with Crippen molar-refractivity contribution in [3.05, 3.63) is 64.9 Å². The Kier molecular flexibility index (Phi) is 5.61. The Morgan fingerprint density at radius 1 is 1.13 bits per heavy atom. The first-order valence-electron chi connectivity index (χ1n) is 10.1. The Bertz CT molecular complexity index is 1090. The van der Waals surface area contributed by atoms with Crippen molar-refractivity contribution in [2.24, 2.45) is 5.92 Å². The average molecular weight is 410 g/mol. The minimum Gasteiger partial charge on any atom is -0.352 e. The van der Waals surface area contributed by atoms with Gasteiger partial charge >= 0.3 is 0 Å². The van der Waals surface area contributed by atoms with Crippen LogP contribution in [-0.2, 0) is 11.3 Å². The van der Waals surface area contributed by atoms with Crippen LogP contribution < -0.4 is 10.2 Å². The Hall–Kier alpha value is -3.09. The van der Waals surface area contributed by atoms with Gasteiger partial charge in [-0.1, -0.05) is 24.3 Å². The fourth-order valence-corrected chi connectivity index (χ4v) is 3.88. The fourth-order valence-electron chi connectivity index (χ4n) is 3.88. The molecule has 1 aromatic heterocycles. The van der Waals surface area contributed by atoms with Gasteiger partial charge in [0.25, 0.3) is 0 Å². The van der Waals surface area contributed by atoms with Crippen LogP contribution >= 0.6 is 0 Å². The maximum absolute atomic E-state index is 13.8. The zero-order valence-electron chi connectivity index (χ0n) is 17.1. The van der Waals surface area contributed by atoms with Gasteiger partial charge in [0.2, 0.25) is 11.9 Å². The number of rotatable bonds is 4. The maximum atomic E-state index is 13.8. The Morgan fingerprint density at radius 3 is 2.67 bits per heavy atom. The molecule has 0 bridgehead atoms. The molecule has 0 spiro atoms. The van der Waals surface area contributed by atoms with Crippen molar-refractivity contribution in [3.63, 3.8) is 0 Å². The van der Waals surface area contributed by atoms with Gasteiger partial charge < -0.3 is 10.2 Å². The van der Waals surface area contributed by atoms with E-state index >= 15 is 0 Å². The van der Waals surface area contributed by atoms with E-state index in [2.05, 4.69) is 27.3 Å². The predicted molar refractivity (Wildman–Crippen MR) is 112 cm³/mol. The van der Waals surface area contributed by atoms with Gasteiger partial charge in [0.15, 0.2) is 11.6 Å². The minimum absolute atomic E-state index is 0.0189. The largest absolute Gasteiger partial charge is 0.352 e. The summed E-state index contributed by atoms with van der Waals surface area (Å²) in [6.07, 6.45) is 1.32. The molecule has 7 heteroatoms. The lowest BCUT2D eigenvalue weighted by Gasteiger charge is -2.31. The lowest BCUT2D eigenvalue weighted by molar-refractivity contribution is -0.125. The van der Waals surface area contributed by atoms with Crippen LogP contribution in [0.5, 0.6) is 0 Å².